The molecule has 1 heterocycles. The minimum absolute atomic E-state index is 0.0426. The van der Waals surface area contributed by atoms with Crippen molar-refractivity contribution in [2.45, 2.75) is 13.0 Å². The topological polar surface area (TPSA) is 71.8 Å². The highest BCUT2D eigenvalue weighted by Gasteiger charge is 2.20. The largest absolute Gasteiger partial charge is 0.497 e. The molecule has 0 saturated heterocycles. The van der Waals surface area contributed by atoms with Crippen molar-refractivity contribution in [3.8, 4) is 17.1 Å². The first kappa shape index (κ1) is 23.3. The number of carbonyl (C=O) groups excluding carboxylic acids is 1. The molecular formula is C28H28N2O4. The second-order valence-corrected chi connectivity index (χ2v) is 8.40. The van der Waals surface area contributed by atoms with Gasteiger partial charge in [-0.3, -0.25) is 9.59 Å². The molecule has 34 heavy (non-hydrogen) atoms. The van der Waals surface area contributed by atoms with E-state index in [9.17, 15) is 9.59 Å². The second-order valence-electron chi connectivity index (χ2n) is 8.40. The van der Waals surface area contributed by atoms with Crippen molar-refractivity contribution in [1.82, 2.24) is 10.2 Å². The summed E-state index contributed by atoms with van der Waals surface area (Å²) in [7, 11) is 5.56. The van der Waals surface area contributed by atoms with E-state index in [1.54, 1.807) is 32.2 Å². The molecule has 0 aliphatic heterocycles. The molecule has 0 aliphatic rings. The zero-order chi connectivity index (χ0) is 24.2. The normalized spacial score (nSPS) is 12.0. The van der Waals surface area contributed by atoms with Gasteiger partial charge in [-0.15, -0.1) is 0 Å². The minimum Gasteiger partial charge on any atom is -0.497 e. The third kappa shape index (κ3) is 4.58. The molecule has 0 unspecified atom stereocenters. The van der Waals surface area contributed by atoms with Crippen LogP contribution in [0, 0.1) is 6.92 Å². The van der Waals surface area contributed by atoms with Gasteiger partial charge in [0, 0.05) is 17.7 Å². The number of hydrogen-bond acceptors (Lipinski definition) is 5. The van der Waals surface area contributed by atoms with Crippen molar-refractivity contribution < 1.29 is 13.9 Å². The van der Waals surface area contributed by atoms with Crippen LogP contribution < -0.4 is 15.5 Å². The minimum atomic E-state index is -0.294. The Hall–Kier alpha value is -3.90. The fraction of sp³-hybridized carbons (Fsp3) is 0.214. The summed E-state index contributed by atoms with van der Waals surface area (Å²) in [4.78, 5) is 28.4. The van der Waals surface area contributed by atoms with Crippen molar-refractivity contribution >= 4 is 16.9 Å². The molecule has 1 amide bonds. The van der Waals surface area contributed by atoms with E-state index in [0.717, 1.165) is 16.9 Å². The van der Waals surface area contributed by atoms with Crippen LogP contribution in [-0.4, -0.2) is 38.6 Å². The fourth-order valence-electron chi connectivity index (χ4n) is 4.06. The van der Waals surface area contributed by atoms with Crippen LogP contribution in [0.4, 0.5) is 0 Å². The molecule has 1 atom stereocenters. The average molecular weight is 457 g/mol. The van der Waals surface area contributed by atoms with Crippen LogP contribution in [0.5, 0.6) is 5.75 Å². The Labute approximate surface area is 198 Å². The van der Waals surface area contributed by atoms with Crippen LogP contribution in [0.15, 0.2) is 82.0 Å². The molecule has 0 spiro atoms. The van der Waals surface area contributed by atoms with E-state index in [4.69, 9.17) is 9.15 Å². The van der Waals surface area contributed by atoms with Gasteiger partial charge in [-0.05, 0) is 50.8 Å². The predicted molar refractivity (Wildman–Crippen MR) is 134 cm³/mol. The first-order chi connectivity index (χ1) is 16.4. The summed E-state index contributed by atoms with van der Waals surface area (Å²) in [6.45, 7) is 2.13. The number of carbonyl (C=O) groups is 1. The smallest absolute Gasteiger partial charge is 0.255 e. The monoisotopic (exact) mass is 456 g/mol. The third-order valence-corrected chi connectivity index (χ3v) is 6.01. The van der Waals surface area contributed by atoms with Crippen molar-refractivity contribution in [1.29, 1.82) is 0 Å². The van der Waals surface area contributed by atoms with Gasteiger partial charge in [-0.25, -0.2) is 0 Å². The van der Waals surface area contributed by atoms with Crippen molar-refractivity contribution in [2.24, 2.45) is 0 Å². The van der Waals surface area contributed by atoms with E-state index in [-0.39, 0.29) is 17.4 Å². The number of rotatable bonds is 7. The van der Waals surface area contributed by atoms with E-state index in [1.165, 1.54) is 0 Å². The van der Waals surface area contributed by atoms with E-state index < -0.39 is 0 Å². The van der Waals surface area contributed by atoms with Crippen molar-refractivity contribution in [3.05, 3.63) is 99.7 Å². The number of methoxy groups -OCH3 is 1. The lowest BCUT2D eigenvalue weighted by molar-refractivity contribution is 0.0942. The molecule has 1 N–H and O–H groups in total. The molecule has 0 saturated carbocycles. The van der Waals surface area contributed by atoms with Crippen LogP contribution in [0.25, 0.3) is 22.3 Å². The lowest BCUT2D eigenvalue weighted by Gasteiger charge is -2.25. The zero-order valence-corrected chi connectivity index (χ0v) is 19.8. The molecule has 0 radical (unpaired) electrons. The van der Waals surface area contributed by atoms with E-state index in [0.29, 0.717) is 34.4 Å². The number of benzene rings is 3. The van der Waals surface area contributed by atoms with Crippen LogP contribution in [0.1, 0.15) is 27.5 Å². The highest BCUT2D eigenvalue weighted by Crippen LogP contribution is 2.27. The van der Waals surface area contributed by atoms with Gasteiger partial charge in [0.25, 0.3) is 5.91 Å². The Bertz CT molecular complexity index is 1360. The quantitative estimate of drug-likeness (QED) is 0.432. The van der Waals surface area contributed by atoms with Gasteiger partial charge < -0.3 is 19.4 Å². The molecule has 6 nitrogen and oxygen atoms in total. The molecule has 1 aromatic heterocycles. The predicted octanol–water partition coefficient (Wildman–Crippen LogP) is 4.81. The molecule has 0 aliphatic carbocycles. The Balaban J connectivity index is 1.66. The van der Waals surface area contributed by atoms with Gasteiger partial charge in [0.1, 0.15) is 11.5 Å². The summed E-state index contributed by atoms with van der Waals surface area (Å²) in [6, 6.07) is 22.3. The summed E-state index contributed by atoms with van der Waals surface area (Å²) >= 11 is 0. The van der Waals surface area contributed by atoms with Crippen LogP contribution >= 0.6 is 0 Å². The van der Waals surface area contributed by atoms with Crippen molar-refractivity contribution in [2.75, 3.05) is 27.7 Å². The van der Waals surface area contributed by atoms with Gasteiger partial charge >= 0.3 is 0 Å². The maximum Gasteiger partial charge on any atom is 0.255 e. The Morgan fingerprint density at radius 1 is 1.00 bits per heavy atom. The Kier molecular flexibility index (Phi) is 6.80. The van der Waals surface area contributed by atoms with Gasteiger partial charge in [-0.1, -0.05) is 48.5 Å². The SMILES string of the molecule is COc1ccc([C@H](CNC(=O)c2cccc3c(=O)c(C)c(-c4ccccc4)oc23)N(C)C)cc1. The van der Waals surface area contributed by atoms with Gasteiger partial charge in [0.15, 0.2) is 11.0 Å². The molecule has 0 fully saturated rings. The molecule has 3 aromatic carbocycles. The third-order valence-electron chi connectivity index (χ3n) is 6.01. The lowest BCUT2D eigenvalue weighted by Crippen LogP contribution is -2.34. The number of fused-ring (bicyclic) bond motifs is 1. The molecule has 4 rings (SSSR count). The lowest BCUT2D eigenvalue weighted by atomic mass is 10.0. The number of likely N-dealkylation sites (N-methyl/N-ethyl adjacent to an activating group) is 1. The van der Waals surface area contributed by atoms with E-state index in [1.807, 2.05) is 73.6 Å². The fourth-order valence-corrected chi connectivity index (χ4v) is 4.06. The first-order valence-corrected chi connectivity index (χ1v) is 11.1. The maximum absolute atomic E-state index is 13.2. The maximum atomic E-state index is 13.2. The van der Waals surface area contributed by atoms with Crippen LogP contribution in [0.3, 0.4) is 0 Å². The van der Waals surface area contributed by atoms with E-state index in [2.05, 4.69) is 5.32 Å². The number of nitrogens with one attached hydrogen (secondary N) is 1. The van der Waals surface area contributed by atoms with Gasteiger partial charge in [0.2, 0.25) is 0 Å². The Morgan fingerprint density at radius 2 is 1.71 bits per heavy atom. The molecule has 0 bridgehead atoms. The number of para-hydroxylation sites is 1. The number of hydrogen-bond donors (Lipinski definition) is 1. The van der Waals surface area contributed by atoms with Crippen molar-refractivity contribution in [3.63, 3.8) is 0 Å². The number of ether oxygens (including phenoxy) is 1. The summed E-state index contributed by atoms with van der Waals surface area (Å²) in [5.74, 6) is 0.959. The van der Waals surface area contributed by atoms with Gasteiger partial charge in [-0.2, -0.15) is 0 Å². The van der Waals surface area contributed by atoms with E-state index >= 15 is 0 Å². The first-order valence-electron chi connectivity index (χ1n) is 11.1. The molecule has 174 valence electrons. The number of nitrogens with zero attached hydrogens (tertiary/aromatic N) is 1. The highest BCUT2D eigenvalue weighted by molar-refractivity contribution is 6.05. The van der Waals surface area contributed by atoms with Crippen LogP contribution in [0.2, 0.25) is 0 Å². The summed E-state index contributed by atoms with van der Waals surface area (Å²) in [5.41, 5.74) is 2.85. The molecular weight excluding hydrogens is 428 g/mol. The van der Waals surface area contributed by atoms with Crippen LogP contribution in [-0.2, 0) is 0 Å². The molecule has 4 aromatic rings. The molecule has 6 heteroatoms. The second kappa shape index (κ2) is 9.93. The average Bonchev–Trinajstić information content (AvgIpc) is 2.86. The van der Waals surface area contributed by atoms with Gasteiger partial charge in [0.05, 0.1) is 24.1 Å². The number of amides is 1. The zero-order valence-electron chi connectivity index (χ0n) is 19.8. The summed E-state index contributed by atoms with van der Waals surface area (Å²) < 4.78 is 11.4. The summed E-state index contributed by atoms with van der Waals surface area (Å²) in [6.07, 6.45) is 0. The Morgan fingerprint density at radius 3 is 2.35 bits per heavy atom. The standard InChI is InChI=1S/C28H28N2O4/c1-18-25(31)22-11-8-12-23(27(22)34-26(18)20-9-6-5-7-10-20)28(32)29-17-24(30(2)3)19-13-15-21(33-4)16-14-19/h5-16,24H,17H2,1-4H3,(H,29,32)/t24-/m0/s1. The summed E-state index contributed by atoms with van der Waals surface area (Å²) in [5, 5.41) is 3.41. The highest BCUT2D eigenvalue weighted by atomic mass is 16.5.